The predicted octanol–water partition coefficient (Wildman–Crippen LogP) is 1.77. The van der Waals surface area contributed by atoms with Crippen molar-refractivity contribution in [2.45, 2.75) is 6.42 Å². The van der Waals surface area contributed by atoms with E-state index in [4.69, 9.17) is 5.11 Å². The third-order valence-corrected chi connectivity index (χ3v) is 3.34. The molecule has 0 atom stereocenters. The molecule has 1 aliphatic rings. The first-order chi connectivity index (χ1) is 8.66. The van der Waals surface area contributed by atoms with Crippen molar-refractivity contribution in [3.63, 3.8) is 0 Å². The highest BCUT2D eigenvalue weighted by Gasteiger charge is 2.20. The summed E-state index contributed by atoms with van der Waals surface area (Å²) in [5, 5.41) is 15.5. The molecule has 1 aliphatic heterocycles. The van der Waals surface area contributed by atoms with Gasteiger partial charge in [-0.25, -0.2) is 4.79 Å². The van der Waals surface area contributed by atoms with Gasteiger partial charge in [-0.1, -0.05) is 12.1 Å². The Hall–Kier alpha value is -2.30. The number of anilines is 1. The lowest BCUT2D eigenvalue weighted by atomic mass is 10.0. The number of rotatable bonds is 2. The first-order valence-corrected chi connectivity index (χ1v) is 5.79. The molecule has 18 heavy (non-hydrogen) atoms. The number of H-pyrrole nitrogens is 1. The number of hydrogen-bond acceptors (Lipinski definition) is 3. The van der Waals surface area contributed by atoms with Crippen molar-refractivity contribution in [1.29, 1.82) is 0 Å². The molecule has 0 amide bonds. The molecule has 0 saturated heterocycles. The number of nitrogens with one attached hydrogen (secondary N) is 1. The van der Waals surface area contributed by atoms with Crippen molar-refractivity contribution in [3.8, 4) is 11.3 Å². The number of fused-ring (bicyclic) bond motifs is 1. The normalized spacial score (nSPS) is 13.7. The van der Waals surface area contributed by atoms with Gasteiger partial charge in [-0.3, -0.25) is 5.10 Å². The summed E-state index contributed by atoms with van der Waals surface area (Å²) in [4.78, 5) is 13.0. The smallest absolute Gasteiger partial charge is 0.353 e. The van der Waals surface area contributed by atoms with Crippen molar-refractivity contribution in [2.24, 2.45) is 0 Å². The fourth-order valence-corrected chi connectivity index (χ4v) is 2.40. The van der Waals surface area contributed by atoms with E-state index in [0.717, 1.165) is 18.5 Å². The minimum absolute atomic E-state index is 0.119. The number of hydrogen-bond donors (Lipinski definition) is 2. The highest BCUT2D eigenvalue weighted by molar-refractivity contribution is 5.87. The maximum Gasteiger partial charge on any atom is 0.353 e. The van der Waals surface area contributed by atoms with Crippen LogP contribution in [0.15, 0.2) is 24.3 Å². The van der Waals surface area contributed by atoms with E-state index in [9.17, 15) is 4.79 Å². The lowest BCUT2D eigenvalue weighted by molar-refractivity contribution is 0.0690. The van der Waals surface area contributed by atoms with Crippen LogP contribution in [0, 0.1) is 0 Å². The zero-order valence-corrected chi connectivity index (χ0v) is 9.97. The lowest BCUT2D eigenvalue weighted by Crippen LogP contribution is -2.12. The van der Waals surface area contributed by atoms with Crippen molar-refractivity contribution in [1.82, 2.24) is 10.2 Å². The molecule has 2 aromatic rings. The van der Waals surface area contributed by atoms with Crippen LogP contribution in [-0.4, -0.2) is 34.9 Å². The number of likely N-dealkylation sites (N-methyl/N-ethyl adjacent to an activating group) is 1. The van der Waals surface area contributed by atoms with Crippen LogP contribution in [0.5, 0.6) is 0 Å². The second-order valence-corrected chi connectivity index (χ2v) is 4.45. The van der Waals surface area contributed by atoms with Gasteiger partial charge in [0.2, 0.25) is 0 Å². The minimum atomic E-state index is -0.988. The second kappa shape index (κ2) is 3.87. The number of aromatic amines is 1. The molecule has 3 rings (SSSR count). The van der Waals surface area contributed by atoms with E-state index >= 15 is 0 Å². The number of aromatic carboxylic acids is 1. The Morgan fingerprint density at radius 3 is 3.06 bits per heavy atom. The molecule has 5 heteroatoms. The van der Waals surface area contributed by atoms with Gasteiger partial charge in [0.1, 0.15) is 5.69 Å². The molecule has 0 unspecified atom stereocenters. The number of carbonyl (C=O) groups is 1. The summed E-state index contributed by atoms with van der Waals surface area (Å²) in [7, 11) is 2.06. The van der Waals surface area contributed by atoms with Crippen LogP contribution in [0.2, 0.25) is 0 Å². The van der Waals surface area contributed by atoms with Gasteiger partial charge in [-0.2, -0.15) is 5.10 Å². The van der Waals surface area contributed by atoms with Gasteiger partial charge >= 0.3 is 5.97 Å². The lowest BCUT2D eigenvalue weighted by Gasteiger charge is -2.12. The van der Waals surface area contributed by atoms with Crippen LogP contribution in [-0.2, 0) is 6.42 Å². The minimum Gasteiger partial charge on any atom is -0.477 e. The molecule has 5 nitrogen and oxygen atoms in total. The van der Waals surface area contributed by atoms with Crippen molar-refractivity contribution >= 4 is 11.7 Å². The topological polar surface area (TPSA) is 69.2 Å². The number of carboxylic acid groups (broad SMARTS) is 1. The molecule has 0 aliphatic carbocycles. The standard InChI is InChI=1S/C13H13N3O2/c1-16-6-5-9-8(3-2-4-12(9)16)10-7-11(13(17)18)15-14-10/h2-4,7H,5-6H2,1H3,(H,14,15)(H,17,18). The van der Waals surface area contributed by atoms with Gasteiger partial charge in [-0.15, -0.1) is 0 Å². The monoisotopic (exact) mass is 243 g/mol. The molecule has 1 aromatic carbocycles. The Morgan fingerprint density at radius 1 is 1.50 bits per heavy atom. The summed E-state index contributed by atoms with van der Waals surface area (Å²) < 4.78 is 0. The predicted molar refractivity (Wildman–Crippen MR) is 68.0 cm³/mol. The third kappa shape index (κ3) is 1.55. The molecule has 0 spiro atoms. The summed E-state index contributed by atoms with van der Waals surface area (Å²) >= 11 is 0. The highest BCUT2D eigenvalue weighted by Crippen LogP contribution is 2.34. The largest absolute Gasteiger partial charge is 0.477 e. The van der Waals surface area contributed by atoms with Gasteiger partial charge in [0.25, 0.3) is 0 Å². The molecule has 0 bridgehead atoms. The summed E-state index contributed by atoms with van der Waals surface area (Å²) in [6, 6.07) is 7.62. The Kier molecular flexibility index (Phi) is 2.33. The Balaban J connectivity index is 2.09. The average Bonchev–Trinajstić information content (AvgIpc) is 2.97. The SMILES string of the molecule is CN1CCc2c(-c3cc(C(=O)O)[nH]n3)cccc21. The number of aromatic nitrogens is 2. The zero-order valence-electron chi connectivity index (χ0n) is 9.97. The molecule has 1 aromatic heterocycles. The maximum absolute atomic E-state index is 10.9. The Morgan fingerprint density at radius 2 is 2.33 bits per heavy atom. The zero-order chi connectivity index (χ0) is 12.7. The van der Waals surface area contributed by atoms with Crippen LogP contribution in [0.4, 0.5) is 5.69 Å². The summed E-state index contributed by atoms with van der Waals surface area (Å²) in [5.41, 5.74) is 4.27. The molecule has 2 N–H and O–H groups in total. The quantitative estimate of drug-likeness (QED) is 0.843. The van der Waals surface area contributed by atoms with Gasteiger partial charge in [-0.05, 0) is 24.1 Å². The molecule has 0 saturated carbocycles. The van der Waals surface area contributed by atoms with Crippen LogP contribution in [0.1, 0.15) is 16.1 Å². The van der Waals surface area contributed by atoms with Crippen LogP contribution >= 0.6 is 0 Å². The highest BCUT2D eigenvalue weighted by atomic mass is 16.4. The number of benzene rings is 1. The Bertz CT molecular complexity index is 618. The van der Waals surface area contributed by atoms with Crippen molar-refractivity contribution in [2.75, 3.05) is 18.5 Å². The van der Waals surface area contributed by atoms with E-state index in [0.29, 0.717) is 5.69 Å². The number of nitrogens with zero attached hydrogens (tertiary/aromatic N) is 2. The second-order valence-electron chi connectivity index (χ2n) is 4.45. The van der Waals surface area contributed by atoms with E-state index in [1.807, 2.05) is 12.1 Å². The van der Waals surface area contributed by atoms with Crippen LogP contribution < -0.4 is 4.90 Å². The molecular formula is C13H13N3O2. The first-order valence-electron chi connectivity index (χ1n) is 5.79. The summed E-state index contributed by atoms with van der Waals surface area (Å²) in [6.45, 7) is 0.989. The van der Waals surface area contributed by atoms with E-state index in [-0.39, 0.29) is 5.69 Å². The van der Waals surface area contributed by atoms with E-state index in [1.165, 1.54) is 11.3 Å². The fourth-order valence-electron chi connectivity index (χ4n) is 2.40. The average molecular weight is 243 g/mol. The van der Waals surface area contributed by atoms with E-state index in [2.05, 4.69) is 28.2 Å². The molecule has 0 radical (unpaired) electrons. The number of carboxylic acids is 1. The Labute approximate surface area is 104 Å². The van der Waals surface area contributed by atoms with Crippen molar-refractivity contribution < 1.29 is 9.90 Å². The third-order valence-electron chi connectivity index (χ3n) is 3.34. The van der Waals surface area contributed by atoms with Gasteiger partial charge in [0.15, 0.2) is 0 Å². The first kappa shape index (κ1) is 10.8. The fraction of sp³-hybridized carbons (Fsp3) is 0.231. The van der Waals surface area contributed by atoms with E-state index < -0.39 is 5.97 Å². The molecular weight excluding hydrogens is 230 g/mol. The van der Waals surface area contributed by atoms with Crippen molar-refractivity contribution in [3.05, 3.63) is 35.5 Å². The van der Waals surface area contributed by atoms with Gasteiger partial charge in [0.05, 0.1) is 5.69 Å². The summed E-state index contributed by atoms with van der Waals surface area (Å²) in [6.07, 6.45) is 0.970. The van der Waals surface area contributed by atoms with E-state index in [1.54, 1.807) is 6.07 Å². The molecule has 0 fully saturated rings. The van der Waals surface area contributed by atoms with Crippen LogP contribution in [0.3, 0.4) is 0 Å². The summed E-state index contributed by atoms with van der Waals surface area (Å²) in [5.74, 6) is -0.988. The molecule has 2 heterocycles. The van der Waals surface area contributed by atoms with Crippen LogP contribution in [0.25, 0.3) is 11.3 Å². The molecule has 92 valence electrons. The van der Waals surface area contributed by atoms with Gasteiger partial charge in [0, 0.05) is 24.8 Å². The maximum atomic E-state index is 10.9. The van der Waals surface area contributed by atoms with Gasteiger partial charge < -0.3 is 10.0 Å².